The molecule has 2 N–H and O–H groups in total. The summed E-state index contributed by atoms with van der Waals surface area (Å²) in [5, 5.41) is 5.46. The van der Waals surface area contributed by atoms with Gasteiger partial charge in [0.25, 0.3) is 0 Å². The van der Waals surface area contributed by atoms with Crippen LogP contribution < -0.4 is 10.6 Å². The molecule has 0 fully saturated rings. The Morgan fingerprint density at radius 3 is 2.71 bits per heavy atom. The molecule has 0 spiro atoms. The molecular weight excluding hydrogens is 292 g/mol. The molecule has 7 nitrogen and oxygen atoms in total. The standard InChI is InChI=1S/C13H22N4O3S/c1-11(12-7-4-5-8-14-12)16-13(18)15-9-6-10-17(2)21(3,19)20/h4-5,7-8,11H,6,9-10H2,1-3H3,(H2,15,16,18)/t11-/m1/s1. The Balaban J connectivity index is 2.26. The number of rotatable bonds is 7. The fourth-order valence-corrected chi connectivity index (χ4v) is 2.08. The van der Waals surface area contributed by atoms with Crippen molar-refractivity contribution in [1.29, 1.82) is 0 Å². The highest BCUT2D eigenvalue weighted by molar-refractivity contribution is 7.88. The minimum Gasteiger partial charge on any atom is -0.338 e. The summed E-state index contributed by atoms with van der Waals surface area (Å²) in [5.74, 6) is 0. The summed E-state index contributed by atoms with van der Waals surface area (Å²) in [6.45, 7) is 2.62. The molecule has 0 unspecified atom stereocenters. The van der Waals surface area contributed by atoms with Gasteiger partial charge in [-0.3, -0.25) is 4.98 Å². The van der Waals surface area contributed by atoms with Crippen LogP contribution in [0, 0.1) is 0 Å². The zero-order chi connectivity index (χ0) is 15.9. The van der Waals surface area contributed by atoms with E-state index in [1.165, 1.54) is 11.4 Å². The van der Waals surface area contributed by atoms with Crippen molar-refractivity contribution in [3.8, 4) is 0 Å². The van der Waals surface area contributed by atoms with Gasteiger partial charge >= 0.3 is 6.03 Å². The van der Waals surface area contributed by atoms with Crippen molar-refractivity contribution in [2.75, 3.05) is 26.4 Å². The first-order chi connectivity index (χ1) is 9.80. The Labute approximate surface area is 125 Å². The molecule has 1 aromatic rings. The highest BCUT2D eigenvalue weighted by atomic mass is 32.2. The second-order valence-electron chi connectivity index (χ2n) is 4.81. The van der Waals surface area contributed by atoms with E-state index in [4.69, 9.17) is 0 Å². The predicted octanol–water partition coefficient (Wildman–Crippen LogP) is 0.723. The van der Waals surface area contributed by atoms with Gasteiger partial charge in [0.1, 0.15) is 0 Å². The normalized spacial score (nSPS) is 13.0. The Morgan fingerprint density at radius 1 is 1.43 bits per heavy atom. The van der Waals surface area contributed by atoms with Gasteiger partial charge in [-0.15, -0.1) is 0 Å². The van der Waals surface area contributed by atoms with Crippen molar-refractivity contribution in [3.05, 3.63) is 30.1 Å². The quantitative estimate of drug-likeness (QED) is 0.726. The lowest BCUT2D eigenvalue weighted by Gasteiger charge is -2.16. The Kier molecular flexibility index (Phi) is 6.57. The van der Waals surface area contributed by atoms with E-state index in [2.05, 4.69) is 15.6 Å². The van der Waals surface area contributed by atoms with Gasteiger partial charge in [-0.25, -0.2) is 17.5 Å². The number of carbonyl (C=O) groups is 1. The largest absolute Gasteiger partial charge is 0.338 e. The highest BCUT2D eigenvalue weighted by Crippen LogP contribution is 2.07. The minimum absolute atomic E-state index is 0.190. The second kappa shape index (κ2) is 7.94. The fraction of sp³-hybridized carbons (Fsp3) is 0.538. The molecule has 1 rings (SSSR count). The van der Waals surface area contributed by atoms with Gasteiger partial charge in [-0.1, -0.05) is 6.07 Å². The zero-order valence-electron chi connectivity index (χ0n) is 12.5. The molecule has 0 radical (unpaired) electrons. The van der Waals surface area contributed by atoms with E-state index >= 15 is 0 Å². The molecule has 21 heavy (non-hydrogen) atoms. The molecule has 0 saturated carbocycles. The number of sulfonamides is 1. The summed E-state index contributed by atoms with van der Waals surface area (Å²) in [6, 6.07) is 5.03. The van der Waals surface area contributed by atoms with Crippen LogP contribution in [0.5, 0.6) is 0 Å². The summed E-state index contributed by atoms with van der Waals surface area (Å²) >= 11 is 0. The maximum absolute atomic E-state index is 11.7. The SMILES string of the molecule is C[C@@H](NC(=O)NCCCN(C)S(C)(=O)=O)c1ccccn1. The molecule has 2 amide bonds. The third-order valence-electron chi connectivity index (χ3n) is 2.98. The summed E-state index contributed by atoms with van der Waals surface area (Å²) in [5.41, 5.74) is 0.782. The lowest BCUT2D eigenvalue weighted by molar-refractivity contribution is 0.237. The summed E-state index contributed by atoms with van der Waals surface area (Å²) < 4.78 is 23.6. The van der Waals surface area contributed by atoms with Crippen molar-refractivity contribution in [1.82, 2.24) is 19.9 Å². The van der Waals surface area contributed by atoms with Gasteiger partial charge in [-0.05, 0) is 25.5 Å². The van der Waals surface area contributed by atoms with Crippen LogP contribution in [0.2, 0.25) is 0 Å². The molecule has 1 heterocycles. The van der Waals surface area contributed by atoms with Crippen LogP contribution in [0.4, 0.5) is 4.79 Å². The number of nitrogens with one attached hydrogen (secondary N) is 2. The average Bonchev–Trinajstić information content (AvgIpc) is 2.43. The molecule has 0 saturated heterocycles. The van der Waals surface area contributed by atoms with E-state index in [9.17, 15) is 13.2 Å². The van der Waals surface area contributed by atoms with E-state index in [0.29, 0.717) is 19.5 Å². The van der Waals surface area contributed by atoms with Crippen LogP contribution in [0.15, 0.2) is 24.4 Å². The van der Waals surface area contributed by atoms with Crippen molar-refractivity contribution in [3.63, 3.8) is 0 Å². The lowest BCUT2D eigenvalue weighted by atomic mass is 10.2. The monoisotopic (exact) mass is 314 g/mol. The first-order valence-electron chi connectivity index (χ1n) is 6.67. The van der Waals surface area contributed by atoms with Gasteiger partial charge in [0.15, 0.2) is 0 Å². The van der Waals surface area contributed by atoms with Crippen LogP contribution in [0.1, 0.15) is 25.1 Å². The molecule has 0 aliphatic rings. The number of carbonyl (C=O) groups excluding carboxylic acids is 1. The van der Waals surface area contributed by atoms with Crippen LogP contribution in [-0.2, 0) is 10.0 Å². The number of hydrogen-bond donors (Lipinski definition) is 2. The van der Waals surface area contributed by atoms with Crippen molar-refractivity contribution in [2.24, 2.45) is 0 Å². The summed E-state index contributed by atoms with van der Waals surface area (Å²) in [6.07, 6.45) is 3.38. The third-order valence-corrected chi connectivity index (χ3v) is 4.30. The Hall–Kier alpha value is -1.67. The Morgan fingerprint density at radius 2 is 2.14 bits per heavy atom. The fourth-order valence-electron chi connectivity index (χ4n) is 1.62. The highest BCUT2D eigenvalue weighted by Gasteiger charge is 2.11. The number of nitrogens with zero attached hydrogens (tertiary/aromatic N) is 2. The molecule has 0 bridgehead atoms. The summed E-state index contributed by atoms with van der Waals surface area (Å²) in [4.78, 5) is 15.8. The topological polar surface area (TPSA) is 91.4 Å². The Bertz CT molecular complexity index is 548. The van der Waals surface area contributed by atoms with Crippen LogP contribution in [-0.4, -0.2) is 50.1 Å². The van der Waals surface area contributed by atoms with Crippen LogP contribution in [0.3, 0.4) is 0 Å². The number of aromatic nitrogens is 1. The van der Waals surface area contributed by atoms with E-state index in [1.54, 1.807) is 6.20 Å². The van der Waals surface area contributed by atoms with E-state index in [1.807, 2.05) is 25.1 Å². The molecule has 8 heteroatoms. The van der Waals surface area contributed by atoms with Crippen molar-refractivity contribution >= 4 is 16.1 Å². The molecule has 0 aliphatic carbocycles. The first-order valence-corrected chi connectivity index (χ1v) is 8.52. The zero-order valence-corrected chi connectivity index (χ0v) is 13.4. The predicted molar refractivity (Wildman–Crippen MR) is 81.3 cm³/mol. The molecule has 1 atom stereocenters. The van der Waals surface area contributed by atoms with Crippen LogP contribution >= 0.6 is 0 Å². The first kappa shape index (κ1) is 17.4. The van der Waals surface area contributed by atoms with Gasteiger partial charge in [0, 0.05) is 26.3 Å². The smallest absolute Gasteiger partial charge is 0.315 e. The molecule has 118 valence electrons. The van der Waals surface area contributed by atoms with Gasteiger partial charge in [-0.2, -0.15) is 0 Å². The van der Waals surface area contributed by atoms with E-state index in [0.717, 1.165) is 11.9 Å². The molecule has 0 aliphatic heterocycles. The lowest BCUT2D eigenvalue weighted by Crippen LogP contribution is -2.38. The number of urea groups is 1. The molecular formula is C13H22N4O3S. The number of pyridine rings is 1. The number of hydrogen-bond acceptors (Lipinski definition) is 4. The van der Waals surface area contributed by atoms with Crippen molar-refractivity contribution < 1.29 is 13.2 Å². The van der Waals surface area contributed by atoms with E-state index in [-0.39, 0.29) is 12.1 Å². The molecule has 1 aromatic heterocycles. The maximum atomic E-state index is 11.7. The maximum Gasteiger partial charge on any atom is 0.315 e. The third kappa shape index (κ3) is 6.54. The van der Waals surface area contributed by atoms with Crippen molar-refractivity contribution in [2.45, 2.75) is 19.4 Å². The summed E-state index contributed by atoms with van der Waals surface area (Å²) in [7, 11) is -1.65. The minimum atomic E-state index is -3.16. The van der Waals surface area contributed by atoms with Gasteiger partial charge in [0.2, 0.25) is 10.0 Å². The average molecular weight is 314 g/mol. The van der Waals surface area contributed by atoms with Gasteiger partial charge in [0.05, 0.1) is 18.0 Å². The van der Waals surface area contributed by atoms with Crippen LogP contribution in [0.25, 0.3) is 0 Å². The molecule has 0 aromatic carbocycles. The van der Waals surface area contributed by atoms with E-state index < -0.39 is 10.0 Å². The van der Waals surface area contributed by atoms with Gasteiger partial charge < -0.3 is 10.6 Å². The number of amides is 2. The second-order valence-corrected chi connectivity index (χ2v) is 6.90.